The average Bonchev–Trinajstić information content (AvgIpc) is 3.00. The van der Waals surface area contributed by atoms with E-state index in [0.717, 1.165) is 0 Å². The van der Waals surface area contributed by atoms with E-state index in [1.54, 1.807) is 20.2 Å². The van der Waals surface area contributed by atoms with Crippen molar-refractivity contribution in [3.05, 3.63) is 34.9 Å². The number of carbonyl (C=O) groups is 2. The van der Waals surface area contributed by atoms with Crippen LogP contribution >= 0.6 is 0 Å². The second-order valence-electron chi connectivity index (χ2n) is 4.67. The maximum Gasteiger partial charge on any atom is 0.356 e. The van der Waals surface area contributed by atoms with E-state index < -0.39 is 11.9 Å². The summed E-state index contributed by atoms with van der Waals surface area (Å²) < 4.78 is 7.41. The van der Waals surface area contributed by atoms with E-state index in [-0.39, 0.29) is 11.6 Å². The van der Waals surface area contributed by atoms with Gasteiger partial charge in [0.15, 0.2) is 0 Å². The minimum absolute atomic E-state index is 0.0981. The lowest BCUT2D eigenvalue weighted by molar-refractivity contribution is 0.0587. The Balaban J connectivity index is 2.36. The van der Waals surface area contributed by atoms with Crippen molar-refractivity contribution >= 4 is 11.9 Å². The first-order valence-corrected chi connectivity index (χ1v) is 6.24. The molecule has 0 saturated carbocycles. The number of ether oxygens (including phenoxy) is 1. The van der Waals surface area contributed by atoms with Gasteiger partial charge in [0.2, 0.25) is 0 Å². The molecule has 112 valence electrons. The molecule has 1 N–H and O–H groups in total. The average molecular weight is 292 g/mol. The van der Waals surface area contributed by atoms with Crippen molar-refractivity contribution in [1.29, 1.82) is 0 Å². The van der Waals surface area contributed by atoms with Gasteiger partial charge in [0.25, 0.3) is 0 Å². The second-order valence-corrected chi connectivity index (χ2v) is 4.67. The summed E-state index contributed by atoms with van der Waals surface area (Å²) in [4.78, 5) is 22.6. The first-order chi connectivity index (χ1) is 9.85. The van der Waals surface area contributed by atoms with Crippen LogP contribution in [0.4, 0.5) is 0 Å². The molecule has 8 nitrogen and oxygen atoms in total. The zero-order valence-corrected chi connectivity index (χ0v) is 12.2. The molecule has 2 aromatic rings. The summed E-state index contributed by atoms with van der Waals surface area (Å²) in [5, 5.41) is 17.5. The lowest BCUT2D eigenvalue weighted by Gasteiger charge is -2.03. The Kier molecular flexibility index (Phi) is 3.79. The predicted molar refractivity (Wildman–Crippen MR) is 72.2 cm³/mol. The number of esters is 1. The molecular weight excluding hydrogens is 276 g/mol. The van der Waals surface area contributed by atoms with Crippen LogP contribution in [0.5, 0.6) is 0 Å². The third-order valence-corrected chi connectivity index (χ3v) is 3.30. The van der Waals surface area contributed by atoms with Crippen LogP contribution in [0.25, 0.3) is 0 Å². The summed E-state index contributed by atoms with van der Waals surface area (Å²) in [7, 11) is 4.51. The van der Waals surface area contributed by atoms with Gasteiger partial charge in [-0.3, -0.25) is 9.36 Å². The SMILES string of the molecule is COC(=O)c1cc(C(C)c2cc(C(=O)O)n(C)n2)nn1C. The topological polar surface area (TPSA) is 99.2 Å². The van der Waals surface area contributed by atoms with E-state index >= 15 is 0 Å². The first-order valence-electron chi connectivity index (χ1n) is 6.24. The number of nitrogens with zero attached hydrogens (tertiary/aromatic N) is 4. The summed E-state index contributed by atoms with van der Waals surface area (Å²) in [5.41, 5.74) is 1.62. The molecule has 8 heteroatoms. The number of aryl methyl sites for hydroxylation is 2. The quantitative estimate of drug-likeness (QED) is 0.836. The van der Waals surface area contributed by atoms with Gasteiger partial charge >= 0.3 is 11.9 Å². The molecule has 1 unspecified atom stereocenters. The van der Waals surface area contributed by atoms with E-state index in [1.165, 1.54) is 22.5 Å². The van der Waals surface area contributed by atoms with Crippen molar-refractivity contribution in [1.82, 2.24) is 19.6 Å². The van der Waals surface area contributed by atoms with Crippen LogP contribution in [0, 0.1) is 0 Å². The van der Waals surface area contributed by atoms with Crippen molar-refractivity contribution in [2.75, 3.05) is 7.11 Å². The van der Waals surface area contributed by atoms with Gasteiger partial charge in [0.1, 0.15) is 11.4 Å². The highest BCUT2D eigenvalue weighted by Crippen LogP contribution is 2.23. The van der Waals surface area contributed by atoms with Crippen LogP contribution in [0.2, 0.25) is 0 Å². The molecule has 2 heterocycles. The number of rotatable bonds is 4. The van der Waals surface area contributed by atoms with Crippen molar-refractivity contribution in [2.24, 2.45) is 14.1 Å². The van der Waals surface area contributed by atoms with E-state index in [1.807, 2.05) is 6.92 Å². The lowest BCUT2D eigenvalue weighted by Crippen LogP contribution is -2.08. The van der Waals surface area contributed by atoms with Gasteiger partial charge in [-0.15, -0.1) is 0 Å². The third-order valence-electron chi connectivity index (χ3n) is 3.30. The summed E-state index contributed by atoms with van der Waals surface area (Å²) in [6, 6.07) is 3.12. The molecule has 2 aromatic heterocycles. The summed E-state index contributed by atoms with van der Waals surface area (Å²) in [6.45, 7) is 1.84. The zero-order chi connectivity index (χ0) is 15.7. The van der Waals surface area contributed by atoms with Crippen LogP contribution in [0.15, 0.2) is 12.1 Å². The van der Waals surface area contributed by atoms with Crippen molar-refractivity contribution < 1.29 is 19.4 Å². The van der Waals surface area contributed by atoms with Gasteiger partial charge in [-0.25, -0.2) is 9.59 Å². The van der Waals surface area contributed by atoms with Gasteiger partial charge in [-0.05, 0) is 12.1 Å². The molecule has 21 heavy (non-hydrogen) atoms. The van der Waals surface area contributed by atoms with Crippen molar-refractivity contribution in [3.8, 4) is 0 Å². The smallest absolute Gasteiger partial charge is 0.356 e. The minimum Gasteiger partial charge on any atom is -0.477 e. The number of carbonyl (C=O) groups excluding carboxylic acids is 1. The predicted octanol–water partition coefficient (Wildman–Crippen LogP) is 0.790. The number of aromatic carboxylic acids is 1. The highest BCUT2D eigenvalue weighted by molar-refractivity contribution is 5.87. The molecule has 0 aromatic carbocycles. The standard InChI is InChI=1S/C13H16N4O4/c1-7(8-5-10(12(18)19)16(2)14-8)9-6-11(13(20)21-4)17(3)15-9/h5-7H,1-4H3,(H,18,19). The van der Waals surface area contributed by atoms with E-state index in [9.17, 15) is 9.59 Å². The van der Waals surface area contributed by atoms with Crippen molar-refractivity contribution in [3.63, 3.8) is 0 Å². The zero-order valence-electron chi connectivity index (χ0n) is 12.2. The van der Waals surface area contributed by atoms with Gasteiger partial charge < -0.3 is 9.84 Å². The maximum absolute atomic E-state index is 11.6. The maximum atomic E-state index is 11.6. The molecule has 0 aliphatic rings. The number of hydrogen-bond donors (Lipinski definition) is 1. The largest absolute Gasteiger partial charge is 0.477 e. The Hall–Kier alpha value is -2.64. The Morgan fingerprint density at radius 1 is 1.14 bits per heavy atom. The van der Waals surface area contributed by atoms with E-state index in [4.69, 9.17) is 5.11 Å². The minimum atomic E-state index is -1.04. The monoisotopic (exact) mass is 292 g/mol. The Morgan fingerprint density at radius 2 is 1.62 bits per heavy atom. The van der Waals surface area contributed by atoms with Crippen LogP contribution in [0.1, 0.15) is 45.2 Å². The Bertz CT molecular complexity index is 701. The fourth-order valence-electron chi connectivity index (χ4n) is 2.05. The van der Waals surface area contributed by atoms with Gasteiger partial charge in [-0.2, -0.15) is 10.2 Å². The van der Waals surface area contributed by atoms with Gasteiger partial charge in [0.05, 0.1) is 18.5 Å². The van der Waals surface area contributed by atoms with Crippen LogP contribution in [-0.2, 0) is 18.8 Å². The molecule has 0 amide bonds. The van der Waals surface area contributed by atoms with Crippen LogP contribution < -0.4 is 0 Å². The summed E-state index contributed by atoms with van der Waals surface area (Å²) >= 11 is 0. The molecule has 1 atom stereocenters. The second kappa shape index (κ2) is 5.39. The fraction of sp³-hybridized carbons (Fsp3) is 0.385. The first kappa shape index (κ1) is 14.8. The van der Waals surface area contributed by atoms with E-state index in [2.05, 4.69) is 14.9 Å². The summed E-state index contributed by atoms with van der Waals surface area (Å²) in [6.07, 6.45) is 0. The van der Waals surface area contributed by atoms with Crippen LogP contribution in [0.3, 0.4) is 0 Å². The third kappa shape index (κ3) is 2.64. The molecule has 0 radical (unpaired) electrons. The Labute approximate surface area is 120 Å². The normalized spacial score (nSPS) is 12.2. The number of methoxy groups -OCH3 is 1. The van der Waals surface area contributed by atoms with Gasteiger partial charge in [-0.1, -0.05) is 6.92 Å². The van der Waals surface area contributed by atoms with Gasteiger partial charge in [0, 0.05) is 20.0 Å². The fourth-order valence-corrected chi connectivity index (χ4v) is 2.05. The van der Waals surface area contributed by atoms with Crippen molar-refractivity contribution in [2.45, 2.75) is 12.8 Å². The number of hydrogen-bond acceptors (Lipinski definition) is 5. The molecule has 0 saturated heterocycles. The molecule has 2 rings (SSSR count). The highest BCUT2D eigenvalue weighted by Gasteiger charge is 2.22. The molecule has 0 aliphatic heterocycles. The van der Waals surface area contributed by atoms with E-state index in [0.29, 0.717) is 17.1 Å². The van der Waals surface area contributed by atoms with Crippen LogP contribution in [-0.4, -0.2) is 43.7 Å². The Morgan fingerprint density at radius 3 is 2.05 bits per heavy atom. The highest BCUT2D eigenvalue weighted by atomic mass is 16.5. The molecule has 0 spiro atoms. The molecular formula is C13H16N4O4. The number of aromatic nitrogens is 4. The molecule has 0 aliphatic carbocycles. The molecule has 0 fully saturated rings. The summed E-state index contributed by atoms with van der Waals surface area (Å²) in [5.74, 6) is -1.76. The number of carboxylic acids is 1. The molecule has 0 bridgehead atoms. The lowest BCUT2D eigenvalue weighted by atomic mass is 10.0. The number of carboxylic acid groups (broad SMARTS) is 1.